The van der Waals surface area contributed by atoms with Gasteiger partial charge in [-0.05, 0) is 0 Å². The first-order valence-corrected chi connectivity index (χ1v) is 8.65. The Morgan fingerprint density at radius 1 is 1.27 bits per heavy atom. The average Bonchev–Trinajstić information content (AvgIpc) is 1.97. The van der Waals surface area contributed by atoms with Gasteiger partial charge in [-0.1, -0.05) is 6.55 Å². The smallest absolute Gasteiger partial charge is 0.350 e. The fraction of sp³-hybridized carbons (Fsp3) is 1.00. The van der Waals surface area contributed by atoms with Crippen molar-refractivity contribution >= 4 is 17.2 Å². The molecule has 0 radical (unpaired) electrons. The molecular formula is C4H8F4OSi2. The molecule has 1 aliphatic rings. The molecule has 5 unspecified atom stereocenters. The Labute approximate surface area is 64.6 Å². The molecule has 0 aromatic carbocycles. The highest BCUT2D eigenvalue weighted by molar-refractivity contribution is 7.16. The fourth-order valence-electron chi connectivity index (χ4n) is 0.902. The summed E-state index contributed by atoms with van der Waals surface area (Å²) < 4.78 is 53.9. The van der Waals surface area contributed by atoms with Gasteiger partial charge in [0, 0.05) is 0 Å². The van der Waals surface area contributed by atoms with Crippen LogP contribution in [0.1, 0.15) is 0 Å². The van der Waals surface area contributed by atoms with Crippen molar-refractivity contribution in [3.8, 4) is 0 Å². The average molecular weight is 204 g/mol. The van der Waals surface area contributed by atoms with Crippen LogP contribution in [0.15, 0.2) is 0 Å². The maximum absolute atomic E-state index is 12.6. The third-order valence-corrected chi connectivity index (χ3v) is 8.50. The predicted molar refractivity (Wildman–Crippen MR) is 37.0 cm³/mol. The van der Waals surface area contributed by atoms with E-state index in [1.54, 1.807) is 0 Å². The maximum atomic E-state index is 12.6. The molecule has 11 heavy (non-hydrogen) atoms. The van der Waals surface area contributed by atoms with E-state index in [4.69, 9.17) is 0 Å². The molecule has 0 aromatic heterocycles. The quantitative estimate of drug-likeness (QED) is 0.320. The molecule has 1 aliphatic heterocycles. The van der Waals surface area contributed by atoms with E-state index in [0.29, 0.717) is 0 Å². The van der Waals surface area contributed by atoms with Crippen molar-refractivity contribution in [3.05, 3.63) is 0 Å². The summed E-state index contributed by atoms with van der Waals surface area (Å²) in [6.07, 6.45) is -4.65. The van der Waals surface area contributed by atoms with E-state index >= 15 is 0 Å². The lowest BCUT2D eigenvalue weighted by atomic mass is 10.4. The van der Waals surface area contributed by atoms with Gasteiger partial charge in [0.05, 0.1) is 0 Å². The number of alkyl halides is 3. The molecule has 1 rings (SSSR count). The van der Waals surface area contributed by atoms with Crippen LogP contribution in [0.5, 0.6) is 0 Å². The Bertz CT molecular complexity index is 134. The molecule has 0 aliphatic carbocycles. The Balaban J connectivity index is 2.63. The van der Waals surface area contributed by atoms with Crippen LogP contribution in [0.2, 0.25) is 6.55 Å². The third-order valence-electron chi connectivity index (χ3n) is 1.73. The van der Waals surface area contributed by atoms with Crippen LogP contribution in [-0.2, 0) is 4.43 Å². The van der Waals surface area contributed by atoms with Gasteiger partial charge in [-0.2, -0.15) is 0 Å². The monoisotopic (exact) mass is 204 g/mol. The lowest BCUT2D eigenvalue weighted by Crippen LogP contribution is -2.55. The van der Waals surface area contributed by atoms with Gasteiger partial charge in [0.15, 0.2) is 6.17 Å². The Kier molecular flexibility index (Phi) is 2.71. The topological polar surface area (TPSA) is 9.23 Å². The number of hydrogen-bond acceptors (Lipinski definition) is 1. The zero-order valence-corrected chi connectivity index (χ0v) is 8.12. The van der Waals surface area contributed by atoms with Crippen molar-refractivity contribution in [3.63, 3.8) is 0 Å². The van der Waals surface area contributed by atoms with E-state index in [2.05, 4.69) is 4.43 Å². The molecule has 1 fully saturated rings. The van der Waals surface area contributed by atoms with Gasteiger partial charge in [-0.15, -0.1) is 0 Å². The van der Waals surface area contributed by atoms with Gasteiger partial charge in [0.25, 0.3) is 0 Å². The van der Waals surface area contributed by atoms with E-state index < -0.39 is 35.5 Å². The number of rotatable bonds is 0. The van der Waals surface area contributed by atoms with E-state index in [9.17, 15) is 17.3 Å². The molecule has 0 bridgehead atoms. The molecule has 5 atom stereocenters. The van der Waals surface area contributed by atoms with Gasteiger partial charge in [-0.3, -0.25) is 4.11 Å². The van der Waals surface area contributed by atoms with Crippen LogP contribution in [0, 0.1) is 0 Å². The molecule has 1 saturated heterocycles. The van der Waals surface area contributed by atoms with Crippen molar-refractivity contribution in [1.82, 2.24) is 0 Å². The standard InChI is InChI=1S/C4H8F4OSi2/c1-10-4(7)2(5)3(6)9-11(10)8/h2-4,10-11H,1H3. The second kappa shape index (κ2) is 3.24. The van der Waals surface area contributed by atoms with Gasteiger partial charge < -0.3 is 4.43 Å². The molecule has 1 nitrogen and oxygen atoms in total. The Morgan fingerprint density at radius 2 is 1.82 bits per heavy atom. The van der Waals surface area contributed by atoms with Crippen LogP contribution in [0.3, 0.4) is 0 Å². The largest absolute Gasteiger partial charge is 0.363 e. The van der Waals surface area contributed by atoms with Crippen molar-refractivity contribution in [2.45, 2.75) is 24.9 Å². The van der Waals surface area contributed by atoms with Crippen molar-refractivity contribution < 1.29 is 21.7 Å². The first-order valence-electron chi connectivity index (χ1n) is 3.25. The summed E-state index contributed by atoms with van der Waals surface area (Å²) in [6.45, 7) is 1.33. The van der Waals surface area contributed by atoms with Gasteiger partial charge in [0.1, 0.15) is 14.1 Å². The van der Waals surface area contributed by atoms with Crippen LogP contribution in [0.25, 0.3) is 0 Å². The van der Waals surface area contributed by atoms with Gasteiger partial charge in [-0.25, -0.2) is 13.2 Å². The van der Waals surface area contributed by atoms with Crippen molar-refractivity contribution in [2.75, 3.05) is 0 Å². The molecule has 1 heterocycles. The SMILES string of the molecule is C[SiH]1C(F)C(F)C(F)O[SiH]1F. The Hall–Kier alpha value is 0.114. The van der Waals surface area contributed by atoms with E-state index in [1.807, 2.05) is 0 Å². The van der Waals surface area contributed by atoms with Crippen LogP contribution >= 0.6 is 0 Å². The molecule has 66 valence electrons. The minimum Gasteiger partial charge on any atom is -0.363 e. The van der Waals surface area contributed by atoms with Crippen molar-refractivity contribution in [2.24, 2.45) is 0 Å². The van der Waals surface area contributed by atoms with Gasteiger partial charge in [0.2, 0.25) is 6.36 Å². The fourth-order valence-corrected chi connectivity index (χ4v) is 5.29. The molecular weight excluding hydrogens is 196 g/mol. The zero-order chi connectivity index (χ0) is 8.59. The normalized spacial score (nSPS) is 52.6. The summed E-state index contributed by atoms with van der Waals surface area (Å²) in [5.41, 5.74) is 0. The lowest BCUT2D eigenvalue weighted by molar-refractivity contribution is -0.0377. The molecule has 0 spiro atoms. The molecule has 7 heteroatoms. The first-order chi connectivity index (χ1) is 5.04. The molecule has 0 saturated carbocycles. The summed E-state index contributed by atoms with van der Waals surface area (Å²) in [4.78, 5) is 0. The van der Waals surface area contributed by atoms with Crippen LogP contribution < -0.4 is 0 Å². The molecule has 0 amide bonds. The van der Waals surface area contributed by atoms with Crippen LogP contribution in [-0.4, -0.2) is 35.5 Å². The number of hydrogen-bond donors (Lipinski definition) is 0. The minimum absolute atomic E-state index is 1.33. The van der Waals surface area contributed by atoms with Crippen molar-refractivity contribution in [1.29, 1.82) is 0 Å². The first kappa shape index (κ1) is 9.20. The maximum Gasteiger partial charge on any atom is 0.350 e. The highest BCUT2D eigenvalue weighted by Gasteiger charge is 2.47. The highest BCUT2D eigenvalue weighted by atomic mass is 29.2. The predicted octanol–water partition coefficient (Wildman–Crippen LogP) is 0.653. The van der Waals surface area contributed by atoms with E-state index in [0.717, 1.165) is 0 Å². The highest BCUT2D eigenvalue weighted by Crippen LogP contribution is 2.23. The second-order valence-corrected chi connectivity index (χ2v) is 10.6. The molecule has 0 N–H and O–H groups in total. The summed E-state index contributed by atoms with van der Waals surface area (Å²) in [6, 6.07) is 0. The summed E-state index contributed by atoms with van der Waals surface area (Å²) in [5.74, 6) is -1.92. The Morgan fingerprint density at radius 3 is 2.36 bits per heavy atom. The van der Waals surface area contributed by atoms with E-state index in [-0.39, 0.29) is 0 Å². The second-order valence-electron chi connectivity index (χ2n) is 2.59. The minimum atomic E-state index is -3.19. The lowest BCUT2D eigenvalue weighted by Gasteiger charge is -2.29. The van der Waals surface area contributed by atoms with Crippen LogP contribution in [0.4, 0.5) is 17.3 Å². The number of halogens is 4. The third kappa shape index (κ3) is 1.65. The summed E-state index contributed by atoms with van der Waals surface area (Å²) >= 11 is 0. The molecule has 0 aromatic rings. The summed E-state index contributed by atoms with van der Waals surface area (Å²) in [5, 5.41) is 0. The zero-order valence-electron chi connectivity index (χ0n) is 5.81. The van der Waals surface area contributed by atoms with E-state index in [1.165, 1.54) is 6.55 Å². The van der Waals surface area contributed by atoms with Gasteiger partial charge >= 0.3 is 8.89 Å². The summed E-state index contributed by atoms with van der Waals surface area (Å²) in [7, 11) is -5.60.